The van der Waals surface area contributed by atoms with Crippen molar-refractivity contribution in [2.24, 2.45) is 17.8 Å². The molecule has 0 saturated carbocycles. The molecule has 2 unspecified atom stereocenters. The molecular formula is C17H26O2. The first kappa shape index (κ1) is 15.7. The van der Waals surface area contributed by atoms with Crippen LogP contribution in [0.1, 0.15) is 50.9 Å². The molecule has 2 nitrogen and oxygen atoms in total. The van der Waals surface area contributed by atoms with E-state index >= 15 is 0 Å². The molecule has 0 aliphatic rings. The lowest BCUT2D eigenvalue weighted by atomic mass is 9.86. The van der Waals surface area contributed by atoms with E-state index in [0.29, 0.717) is 29.9 Å². The van der Waals surface area contributed by atoms with Gasteiger partial charge in [0.2, 0.25) is 0 Å². The first-order valence-electron chi connectivity index (χ1n) is 7.26. The molecule has 0 bridgehead atoms. The van der Waals surface area contributed by atoms with Crippen LogP contribution < -0.4 is 0 Å². The average molecular weight is 262 g/mol. The highest BCUT2D eigenvalue weighted by atomic mass is 16.5. The van der Waals surface area contributed by atoms with Gasteiger partial charge in [-0.05, 0) is 36.3 Å². The highest BCUT2D eigenvalue weighted by Crippen LogP contribution is 2.22. The fourth-order valence-electron chi connectivity index (χ4n) is 2.06. The van der Waals surface area contributed by atoms with Gasteiger partial charge >= 0.3 is 5.97 Å². The molecule has 0 aliphatic carbocycles. The second kappa shape index (κ2) is 7.98. The van der Waals surface area contributed by atoms with Crippen LogP contribution in [0.4, 0.5) is 0 Å². The van der Waals surface area contributed by atoms with E-state index in [2.05, 4.69) is 27.7 Å². The second-order valence-corrected chi connectivity index (χ2v) is 5.72. The van der Waals surface area contributed by atoms with Crippen molar-refractivity contribution >= 4 is 5.97 Å². The second-order valence-electron chi connectivity index (χ2n) is 5.72. The van der Waals surface area contributed by atoms with Gasteiger partial charge in [0.25, 0.3) is 0 Å². The zero-order valence-electron chi connectivity index (χ0n) is 12.6. The molecule has 0 aromatic heterocycles. The Morgan fingerprint density at radius 1 is 1.16 bits per heavy atom. The van der Waals surface area contributed by atoms with E-state index in [4.69, 9.17) is 4.74 Å². The van der Waals surface area contributed by atoms with Crippen LogP contribution in [-0.4, -0.2) is 12.6 Å². The molecular weight excluding hydrogens is 236 g/mol. The van der Waals surface area contributed by atoms with Crippen molar-refractivity contribution in [3.05, 3.63) is 35.9 Å². The Labute approximate surface area is 117 Å². The lowest BCUT2D eigenvalue weighted by Crippen LogP contribution is -2.21. The molecule has 0 saturated heterocycles. The number of carbonyl (C=O) groups excluding carboxylic acids is 1. The third kappa shape index (κ3) is 5.46. The van der Waals surface area contributed by atoms with Crippen LogP contribution in [0.3, 0.4) is 0 Å². The maximum absolute atomic E-state index is 11.9. The quantitative estimate of drug-likeness (QED) is 0.674. The van der Waals surface area contributed by atoms with Crippen molar-refractivity contribution in [1.82, 2.24) is 0 Å². The standard InChI is InChI=1S/C17H26O2/c1-5-14(4)11-16(13(2)3)12-19-17(18)15-9-7-6-8-10-15/h6-10,13-14,16H,5,11-12H2,1-4H3. The monoisotopic (exact) mass is 262 g/mol. The van der Waals surface area contributed by atoms with E-state index in [-0.39, 0.29) is 5.97 Å². The molecule has 0 spiro atoms. The third-order valence-corrected chi connectivity index (χ3v) is 3.78. The molecule has 1 rings (SSSR count). The fraction of sp³-hybridized carbons (Fsp3) is 0.588. The van der Waals surface area contributed by atoms with Crippen molar-refractivity contribution in [2.45, 2.75) is 40.5 Å². The van der Waals surface area contributed by atoms with Crippen LogP contribution in [0.2, 0.25) is 0 Å². The Bertz CT molecular complexity index is 370. The molecule has 1 aromatic rings. The SMILES string of the molecule is CCC(C)CC(COC(=O)c1ccccc1)C(C)C. The van der Waals surface area contributed by atoms with Crippen LogP contribution >= 0.6 is 0 Å². The molecule has 0 fully saturated rings. The predicted molar refractivity (Wildman–Crippen MR) is 79.1 cm³/mol. The molecule has 106 valence electrons. The Morgan fingerprint density at radius 2 is 1.79 bits per heavy atom. The van der Waals surface area contributed by atoms with Crippen LogP contribution in [0.5, 0.6) is 0 Å². The first-order valence-corrected chi connectivity index (χ1v) is 7.26. The lowest BCUT2D eigenvalue weighted by Gasteiger charge is -2.23. The van der Waals surface area contributed by atoms with Gasteiger partial charge in [-0.1, -0.05) is 52.3 Å². The summed E-state index contributed by atoms with van der Waals surface area (Å²) in [5.74, 6) is 1.46. The van der Waals surface area contributed by atoms with Crippen molar-refractivity contribution in [3.63, 3.8) is 0 Å². The summed E-state index contributed by atoms with van der Waals surface area (Å²) in [7, 11) is 0. The van der Waals surface area contributed by atoms with Gasteiger partial charge < -0.3 is 4.74 Å². The summed E-state index contributed by atoms with van der Waals surface area (Å²) >= 11 is 0. The molecule has 0 N–H and O–H groups in total. The molecule has 2 atom stereocenters. The van der Waals surface area contributed by atoms with Crippen molar-refractivity contribution in [1.29, 1.82) is 0 Å². The number of hydrogen-bond donors (Lipinski definition) is 0. The molecule has 2 heteroatoms. The Hall–Kier alpha value is -1.31. The number of hydrogen-bond acceptors (Lipinski definition) is 2. The molecule has 0 radical (unpaired) electrons. The van der Waals surface area contributed by atoms with E-state index in [1.165, 1.54) is 6.42 Å². The maximum atomic E-state index is 11.9. The summed E-state index contributed by atoms with van der Waals surface area (Å²) < 4.78 is 5.46. The minimum absolute atomic E-state index is 0.213. The average Bonchev–Trinajstić information content (AvgIpc) is 2.43. The van der Waals surface area contributed by atoms with E-state index in [1.807, 2.05) is 18.2 Å². The van der Waals surface area contributed by atoms with Gasteiger partial charge in [-0.3, -0.25) is 0 Å². The lowest BCUT2D eigenvalue weighted by molar-refractivity contribution is 0.0379. The van der Waals surface area contributed by atoms with Crippen LogP contribution in [0.25, 0.3) is 0 Å². The number of esters is 1. The Kier molecular flexibility index (Phi) is 6.61. The van der Waals surface area contributed by atoms with Crippen LogP contribution in [-0.2, 0) is 4.74 Å². The Balaban J connectivity index is 2.50. The molecule has 0 aliphatic heterocycles. The smallest absolute Gasteiger partial charge is 0.338 e. The largest absolute Gasteiger partial charge is 0.462 e. The minimum atomic E-state index is -0.213. The van der Waals surface area contributed by atoms with E-state index < -0.39 is 0 Å². The predicted octanol–water partition coefficient (Wildman–Crippen LogP) is 4.55. The molecule has 0 heterocycles. The van der Waals surface area contributed by atoms with Gasteiger partial charge in [-0.2, -0.15) is 0 Å². The summed E-state index contributed by atoms with van der Waals surface area (Å²) in [5.41, 5.74) is 0.633. The van der Waals surface area contributed by atoms with E-state index in [0.717, 1.165) is 6.42 Å². The molecule has 19 heavy (non-hydrogen) atoms. The number of benzene rings is 1. The summed E-state index contributed by atoms with van der Waals surface area (Å²) in [6.07, 6.45) is 2.30. The third-order valence-electron chi connectivity index (χ3n) is 3.78. The number of carbonyl (C=O) groups is 1. The van der Waals surface area contributed by atoms with Crippen molar-refractivity contribution in [2.75, 3.05) is 6.61 Å². The topological polar surface area (TPSA) is 26.3 Å². The minimum Gasteiger partial charge on any atom is -0.462 e. The van der Waals surface area contributed by atoms with E-state index in [9.17, 15) is 4.79 Å². The number of ether oxygens (including phenoxy) is 1. The van der Waals surface area contributed by atoms with Crippen molar-refractivity contribution < 1.29 is 9.53 Å². The highest BCUT2D eigenvalue weighted by molar-refractivity contribution is 5.89. The summed E-state index contributed by atoms with van der Waals surface area (Å²) in [5, 5.41) is 0. The summed E-state index contributed by atoms with van der Waals surface area (Å²) in [6.45, 7) is 9.38. The van der Waals surface area contributed by atoms with Gasteiger partial charge in [-0.15, -0.1) is 0 Å². The van der Waals surface area contributed by atoms with Crippen molar-refractivity contribution in [3.8, 4) is 0 Å². The normalized spacial score (nSPS) is 14.2. The van der Waals surface area contributed by atoms with Gasteiger partial charge in [-0.25, -0.2) is 4.79 Å². The van der Waals surface area contributed by atoms with E-state index in [1.54, 1.807) is 12.1 Å². The van der Waals surface area contributed by atoms with Crippen LogP contribution in [0.15, 0.2) is 30.3 Å². The van der Waals surface area contributed by atoms with Gasteiger partial charge in [0.15, 0.2) is 0 Å². The fourth-order valence-corrected chi connectivity index (χ4v) is 2.06. The molecule has 0 amide bonds. The zero-order chi connectivity index (χ0) is 14.3. The molecule has 1 aromatic carbocycles. The van der Waals surface area contributed by atoms with Crippen LogP contribution in [0, 0.1) is 17.8 Å². The first-order chi connectivity index (χ1) is 9.04. The van der Waals surface area contributed by atoms with Gasteiger partial charge in [0.05, 0.1) is 12.2 Å². The van der Waals surface area contributed by atoms with Gasteiger partial charge in [0.1, 0.15) is 0 Å². The Morgan fingerprint density at radius 3 is 2.32 bits per heavy atom. The highest BCUT2D eigenvalue weighted by Gasteiger charge is 2.18. The van der Waals surface area contributed by atoms with Gasteiger partial charge in [0, 0.05) is 0 Å². The maximum Gasteiger partial charge on any atom is 0.338 e. The number of rotatable bonds is 7. The summed E-state index contributed by atoms with van der Waals surface area (Å²) in [4.78, 5) is 11.9. The summed E-state index contributed by atoms with van der Waals surface area (Å²) in [6, 6.07) is 9.20. The zero-order valence-corrected chi connectivity index (χ0v) is 12.6.